The van der Waals surface area contributed by atoms with E-state index in [1.54, 1.807) is 30.5 Å². The summed E-state index contributed by atoms with van der Waals surface area (Å²) in [5.41, 5.74) is 8.58. The van der Waals surface area contributed by atoms with Crippen molar-refractivity contribution in [1.82, 2.24) is 39.6 Å². The third-order valence-electron chi connectivity index (χ3n) is 5.32. The Kier molecular flexibility index (Phi) is 4.96. The first-order valence-electron chi connectivity index (χ1n) is 9.93. The number of anilines is 1. The molecule has 0 fully saturated rings. The molecule has 0 aliphatic rings. The van der Waals surface area contributed by atoms with Crippen molar-refractivity contribution in [2.24, 2.45) is 0 Å². The van der Waals surface area contributed by atoms with Gasteiger partial charge in [0, 0.05) is 29.4 Å². The molecule has 0 amide bonds. The average molecular weight is 469 g/mol. The minimum absolute atomic E-state index is 0.123. The fourth-order valence-electron chi connectivity index (χ4n) is 3.62. The number of aromatic nitrogens is 8. The molecule has 34 heavy (non-hydrogen) atoms. The zero-order valence-corrected chi connectivity index (χ0v) is 17.4. The molecule has 172 valence electrons. The maximum atomic E-state index is 14.1. The molecule has 4 aromatic heterocycles. The van der Waals surface area contributed by atoms with Gasteiger partial charge in [-0.2, -0.15) is 18.3 Å². The third-order valence-corrected chi connectivity index (χ3v) is 5.32. The molecule has 0 radical (unpaired) electrons. The van der Waals surface area contributed by atoms with Crippen LogP contribution in [0.25, 0.3) is 22.3 Å². The smallest absolute Gasteiger partial charge is 0.382 e. The molecule has 1 aromatic carbocycles. The Bertz CT molecular complexity index is 1490. The van der Waals surface area contributed by atoms with Gasteiger partial charge in [-0.05, 0) is 18.2 Å². The molecule has 5 rings (SSSR count). The van der Waals surface area contributed by atoms with Gasteiger partial charge >= 0.3 is 6.18 Å². The molecule has 0 bridgehead atoms. The zero-order chi connectivity index (χ0) is 24.0. The van der Waals surface area contributed by atoms with Gasteiger partial charge in [0.2, 0.25) is 5.82 Å². The van der Waals surface area contributed by atoms with Gasteiger partial charge in [-0.3, -0.25) is 0 Å². The number of nitrogens with zero attached hydrogens (tertiary/aromatic N) is 8. The van der Waals surface area contributed by atoms with E-state index in [9.17, 15) is 17.6 Å². The zero-order valence-electron chi connectivity index (χ0n) is 17.4. The second-order valence-corrected chi connectivity index (χ2v) is 7.44. The number of hydrogen-bond donors (Lipinski definition) is 1. The number of benzene rings is 1. The van der Waals surface area contributed by atoms with E-state index < -0.39 is 23.7 Å². The van der Waals surface area contributed by atoms with Gasteiger partial charge in [0.25, 0.3) is 0 Å². The van der Waals surface area contributed by atoms with E-state index in [0.717, 1.165) is 12.4 Å². The van der Waals surface area contributed by atoms with Crippen LogP contribution in [0.4, 0.5) is 23.4 Å². The summed E-state index contributed by atoms with van der Waals surface area (Å²) in [6.45, 7) is 1.84. The molecule has 4 heterocycles. The molecule has 0 saturated carbocycles. The van der Waals surface area contributed by atoms with Crippen molar-refractivity contribution in [2.45, 2.75) is 19.0 Å². The Balaban J connectivity index is 1.59. The summed E-state index contributed by atoms with van der Waals surface area (Å²) in [5, 5.41) is 12.5. The molecule has 0 aliphatic heterocycles. The van der Waals surface area contributed by atoms with Crippen LogP contribution < -0.4 is 5.73 Å². The summed E-state index contributed by atoms with van der Waals surface area (Å²) in [4.78, 5) is 10.9. The fraction of sp³-hybridized carbons (Fsp3) is 0.143. The van der Waals surface area contributed by atoms with Gasteiger partial charge < -0.3 is 5.73 Å². The number of para-hydroxylation sites is 1. The van der Waals surface area contributed by atoms with Crippen LogP contribution >= 0.6 is 0 Å². The van der Waals surface area contributed by atoms with Gasteiger partial charge in [-0.1, -0.05) is 24.3 Å². The number of fused-ring (bicyclic) bond motifs is 1. The number of nitrogen functional groups attached to an aromatic ring is 1. The van der Waals surface area contributed by atoms with Crippen molar-refractivity contribution in [3.63, 3.8) is 0 Å². The molecule has 9 nitrogen and oxygen atoms in total. The number of hydrogen-bond acceptors (Lipinski definition) is 7. The molecule has 5 aromatic rings. The highest BCUT2D eigenvalue weighted by molar-refractivity contribution is 5.88. The van der Waals surface area contributed by atoms with Crippen LogP contribution in [0.3, 0.4) is 0 Å². The molecule has 1 atom stereocenters. The van der Waals surface area contributed by atoms with Crippen LogP contribution in [-0.4, -0.2) is 39.6 Å². The van der Waals surface area contributed by atoms with Crippen molar-refractivity contribution < 1.29 is 17.6 Å². The minimum Gasteiger partial charge on any atom is -0.382 e. The molecule has 0 unspecified atom stereocenters. The van der Waals surface area contributed by atoms with E-state index in [2.05, 4.69) is 30.4 Å². The predicted octanol–water partition coefficient (Wildman–Crippen LogP) is 3.66. The summed E-state index contributed by atoms with van der Waals surface area (Å²) in [6, 6.07) is 7.85. The Hall–Kier alpha value is -4.42. The lowest BCUT2D eigenvalue weighted by atomic mass is 10.0. The molecule has 13 heteroatoms. The van der Waals surface area contributed by atoms with Crippen molar-refractivity contribution >= 4 is 11.3 Å². The molecule has 0 saturated heterocycles. The quantitative estimate of drug-likeness (QED) is 0.400. The normalized spacial score (nSPS) is 12.9. The lowest BCUT2D eigenvalue weighted by Crippen LogP contribution is -2.10. The van der Waals surface area contributed by atoms with Crippen molar-refractivity contribution in [1.29, 1.82) is 0 Å². The average Bonchev–Trinajstić information content (AvgIpc) is 3.45. The monoisotopic (exact) mass is 469 g/mol. The first kappa shape index (κ1) is 21.4. The third kappa shape index (κ3) is 3.60. The van der Waals surface area contributed by atoms with E-state index in [4.69, 9.17) is 5.73 Å². The van der Waals surface area contributed by atoms with Crippen LogP contribution in [0.1, 0.15) is 30.1 Å². The number of rotatable bonds is 4. The highest BCUT2D eigenvalue weighted by Crippen LogP contribution is 2.35. The Morgan fingerprint density at radius 2 is 1.79 bits per heavy atom. The predicted molar refractivity (Wildman–Crippen MR) is 112 cm³/mol. The number of alkyl halides is 3. The summed E-state index contributed by atoms with van der Waals surface area (Å²) in [6.07, 6.45) is 0.337. The highest BCUT2D eigenvalue weighted by Gasteiger charge is 2.34. The maximum absolute atomic E-state index is 14.1. The Labute approximate surface area is 188 Å². The van der Waals surface area contributed by atoms with Gasteiger partial charge in [0.1, 0.15) is 23.3 Å². The van der Waals surface area contributed by atoms with Gasteiger partial charge in [-0.15, -0.1) is 5.10 Å². The SMILES string of the molecule is C[C@@H](c1cn(-c2ccccc2F)nn1)c1cc(-c2cnc(C(F)(F)F)nc2)c2c(N)ncnn12. The summed E-state index contributed by atoms with van der Waals surface area (Å²) in [7, 11) is 0. The van der Waals surface area contributed by atoms with Crippen molar-refractivity contribution in [3.8, 4) is 16.8 Å². The van der Waals surface area contributed by atoms with Gasteiger partial charge in [-0.25, -0.2) is 28.5 Å². The summed E-state index contributed by atoms with van der Waals surface area (Å²) >= 11 is 0. The Morgan fingerprint density at radius 1 is 1.06 bits per heavy atom. The molecule has 2 N–H and O–H groups in total. The first-order valence-corrected chi connectivity index (χ1v) is 9.93. The highest BCUT2D eigenvalue weighted by atomic mass is 19.4. The lowest BCUT2D eigenvalue weighted by molar-refractivity contribution is -0.144. The summed E-state index contributed by atoms with van der Waals surface area (Å²) < 4.78 is 55.6. The molecular weight excluding hydrogens is 454 g/mol. The molecule has 0 spiro atoms. The fourth-order valence-corrected chi connectivity index (χ4v) is 3.62. The van der Waals surface area contributed by atoms with E-state index in [1.165, 1.54) is 21.6 Å². The van der Waals surface area contributed by atoms with Crippen molar-refractivity contribution in [3.05, 3.63) is 78.3 Å². The maximum Gasteiger partial charge on any atom is 0.451 e. The van der Waals surface area contributed by atoms with Crippen molar-refractivity contribution in [2.75, 3.05) is 5.73 Å². The number of halogens is 4. The Morgan fingerprint density at radius 3 is 2.50 bits per heavy atom. The topological polar surface area (TPSA) is 113 Å². The molecule has 0 aliphatic carbocycles. The van der Waals surface area contributed by atoms with E-state index in [0.29, 0.717) is 28.0 Å². The summed E-state index contributed by atoms with van der Waals surface area (Å²) in [5.74, 6) is -1.98. The van der Waals surface area contributed by atoms with Crippen LogP contribution in [0.15, 0.2) is 55.2 Å². The second-order valence-electron chi connectivity index (χ2n) is 7.44. The minimum atomic E-state index is -4.66. The first-order chi connectivity index (χ1) is 16.2. The largest absolute Gasteiger partial charge is 0.451 e. The second kappa shape index (κ2) is 7.86. The van der Waals surface area contributed by atoms with Crippen LogP contribution in [0.5, 0.6) is 0 Å². The van der Waals surface area contributed by atoms with Gasteiger partial charge in [0.05, 0.1) is 17.6 Å². The molecular formula is C21H15F4N9. The van der Waals surface area contributed by atoms with Gasteiger partial charge in [0.15, 0.2) is 5.82 Å². The van der Waals surface area contributed by atoms with E-state index >= 15 is 0 Å². The van der Waals surface area contributed by atoms with E-state index in [-0.39, 0.29) is 11.5 Å². The lowest BCUT2D eigenvalue weighted by Gasteiger charge is -2.08. The van der Waals surface area contributed by atoms with Crippen LogP contribution in [0, 0.1) is 5.82 Å². The van der Waals surface area contributed by atoms with E-state index in [1.807, 2.05) is 6.92 Å². The van der Waals surface area contributed by atoms with Crippen LogP contribution in [0.2, 0.25) is 0 Å². The van der Waals surface area contributed by atoms with Crippen LogP contribution in [-0.2, 0) is 6.18 Å². The standard InChI is InChI=1S/C21H15F4N9/c1-11(15-9-33(32-31-15)16-5-3-2-4-14(16)22)17-6-13(18-19(26)29-10-30-34(17)18)12-7-27-20(28-8-12)21(23,24)25/h2-11H,1H3,(H2,26,29,30)/t11-/m0/s1. The number of nitrogens with two attached hydrogens (primary N) is 1.